The zero-order valence-corrected chi connectivity index (χ0v) is 30.1. The Hall–Kier alpha value is -5.28. The molecule has 0 aliphatic carbocycles. The third-order valence-corrected chi connectivity index (χ3v) is 9.65. The van der Waals surface area contributed by atoms with E-state index in [0.29, 0.717) is 49.0 Å². The van der Waals surface area contributed by atoms with Crippen LogP contribution in [0.15, 0.2) is 106 Å². The van der Waals surface area contributed by atoms with Crippen molar-refractivity contribution in [2.45, 2.75) is 19.6 Å². The number of non-ortho nitro benzene ring substituents is 1. The first kappa shape index (κ1) is 34.6. The van der Waals surface area contributed by atoms with Crippen LogP contribution in [0.1, 0.15) is 35.2 Å². The molecule has 0 saturated heterocycles. The summed E-state index contributed by atoms with van der Waals surface area (Å²) < 4.78 is 25.5. The monoisotopic (exact) mass is 803 g/mol. The van der Waals surface area contributed by atoms with Crippen LogP contribution in [0.5, 0.6) is 17.2 Å². The van der Waals surface area contributed by atoms with E-state index in [9.17, 15) is 19.7 Å². The van der Waals surface area contributed by atoms with E-state index < -0.39 is 16.9 Å². The van der Waals surface area contributed by atoms with Gasteiger partial charge in [-0.15, -0.1) is 0 Å². The Balaban J connectivity index is 1.46. The van der Waals surface area contributed by atoms with E-state index in [-0.39, 0.29) is 30.0 Å². The average Bonchev–Trinajstić information content (AvgIpc) is 3.44. The molecule has 0 N–H and O–H groups in total. The minimum Gasteiger partial charge on any atom is -0.497 e. The van der Waals surface area contributed by atoms with Gasteiger partial charge in [-0.2, -0.15) is 0 Å². The van der Waals surface area contributed by atoms with Crippen LogP contribution in [0, 0.1) is 13.7 Å². The summed E-state index contributed by atoms with van der Waals surface area (Å²) in [5.74, 6) is 0.946. The van der Waals surface area contributed by atoms with Crippen LogP contribution in [-0.2, 0) is 16.1 Å². The second-order valence-corrected chi connectivity index (χ2v) is 13.1. The third kappa shape index (κ3) is 7.05. The summed E-state index contributed by atoms with van der Waals surface area (Å²) >= 11 is 3.35. The van der Waals surface area contributed by atoms with Gasteiger partial charge in [-0.3, -0.25) is 19.5 Å². The Morgan fingerprint density at radius 1 is 1.02 bits per heavy atom. The highest BCUT2D eigenvalue weighted by Gasteiger charge is 2.35. The van der Waals surface area contributed by atoms with Gasteiger partial charge in [0.05, 0.1) is 51.2 Å². The van der Waals surface area contributed by atoms with E-state index in [0.717, 1.165) is 9.13 Å². The molecule has 0 fully saturated rings. The minimum absolute atomic E-state index is 0.00114. The Labute approximate surface area is 304 Å². The normalized spacial score (nSPS) is 14.1. The van der Waals surface area contributed by atoms with Crippen molar-refractivity contribution in [1.82, 2.24) is 4.57 Å². The number of carbonyl (C=O) groups excluding carboxylic acids is 1. The van der Waals surface area contributed by atoms with Gasteiger partial charge < -0.3 is 18.9 Å². The lowest BCUT2D eigenvalue weighted by atomic mass is 9.93. The molecule has 13 heteroatoms. The number of carbonyl (C=O) groups is 1. The largest absolute Gasteiger partial charge is 0.497 e. The van der Waals surface area contributed by atoms with E-state index in [1.165, 1.54) is 35.1 Å². The third-order valence-electron chi connectivity index (χ3n) is 7.86. The molecule has 1 atom stereocenters. The number of nitro groups is 1. The number of fused-ring (bicyclic) bond motifs is 1. The molecule has 1 aliphatic heterocycles. The van der Waals surface area contributed by atoms with Crippen LogP contribution in [-0.4, -0.2) is 36.3 Å². The maximum Gasteiger partial charge on any atom is 0.338 e. The van der Waals surface area contributed by atoms with Gasteiger partial charge in [0.15, 0.2) is 16.3 Å². The molecule has 0 radical (unpaired) electrons. The molecule has 50 heavy (non-hydrogen) atoms. The number of ether oxygens (including phenoxy) is 4. The highest BCUT2D eigenvalue weighted by molar-refractivity contribution is 14.1. The molecule has 11 nitrogen and oxygen atoms in total. The molecule has 0 amide bonds. The van der Waals surface area contributed by atoms with Crippen molar-refractivity contribution in [3.05, 3.63) is 152 Å². The molecular weight excluding hydrogens is 773 g/mol. The predicted octanol–water partition coefficient (Wildman–Crippen LogP) is 6.04. The fourth-order valence-electron chi connectivity index (χ4n) is 5.55. The Morgan fingerprint density at radius 2 is 1.78 bits per heavy atom. The fourth-order valence-corrected chi connectivity index (χ4v) is 7.33. The highest BCUT2D eigenvalue weighted by Crippen LogP contribution is 2.37. The van der Waals surface area contributed by atoms with Crippen molar-refractivity contribution in [3.63, 3.8) is 0 Å². The van der Waals surface area contributed by atoms with Crippen molar-refractivity contribution >= 4 is 57.4 Å². The van der Waals surface area contributed by atoms with Gasteiger partial charge in [-0.05, 0) is 88.7 Å². The van der Waals surface area contributed by atoms with E-state index in [4.69, 9.17) is 23.9 Å². The van der Waals surface area contributed by atoms with Crippen LogP contribution >= 0.6 is 33.9 Å². The number of thiazole rings is 1. The fraction of sp³-hybridized carbons (Fsp3) is 0.162. The van der Waals surface area contributed by atoms with Crippen molar-refractivity contribution in [2.24, 2.45) is 4.99 Å². The first-order chi connectivity index (χ1) is 24.2. The summed E-state index contributed by atoms with van der Waals surface area (Å²) in [6.07, 6.45) is 1.76. The van der Waals surface area contributed by atoms with Gasteiger partial charge in [0, 0.05) is 17.7 Å². The quantitative estimate of drug-likeness (QED) is 0.0684. The summed E-state index contributed by atoms with van der Waals surface area (Å²) in [7, 11) is 3.08. The SMILES string of the molecule is CCOC(=O)C1=C(c2ccccc2)N=c2s/c(=C\c3cc(I)c(OCc4ccc([N+](=O)[O-])cc4)c(OC)c3)c(=O)n2[C@H]1c1cccc(OC)c1. The zero-order chi connectivity index (χ0) is 35.4. The van der Waals surface area contributed by atoms with Gasteiger partial charge >= 0.3 is 5.97 Å². The number of hydrogen-bond donors (Lipinski definition) is 0. The number of benzene rings is 4. The van der Waals surface area contributed by atoms with E-state index in [1.54, 1.807) is 50.4 Å². The van der Waals surface area contributed by atoms with Gasteiger partial charge in [-0.1, -0.05) is 53.8 Å². The second-order valence-electron chi connectivity index (χ2n) is 11.0. The molecular formula is C37H30IN3O8S. The lowest BCUT2D eigenvalue weighted by Gasteiger charge is -2.26. The predicted molar refractivity (Wildman–Crippen MR) is 197 cm³/mol. The summed E-state index contributed by atoms with van der Waals surface area (Å²) in [6, 6.07) is 25.5. The highest BCUT2D eigenvalue weighted by atomic mass is 127. The standard InChI is InChI=1S/C37H30IN3O8S/c1-4-48-36(43)31-32(24-9-6-5-7-10-24)39-37-40(33(31)25-11-8-12-27(20-25)46-2)35(42)30(50-37)19-23-17-28(38)34(29(18-23)47-3)49-21-22-13-15-26(16-14-22)41(44)45/h5-20,33H,4,21H2,1-3H3/b30-19-/t33-/m0/s1. The van der Waals surface area contributed by atoms with Crippen molar-refractivity contribution in [2.75, 3.05) is 20.8 Å². The lowest BCUT2D eigenvalue weighted by molar-refractivity contribution is -0.384. The molecule has 6 rings (SSSR count). The van der Waals surface area contributed by atoms with Gasteiger partial charge in [0.25, 0.3) is 11.2 Å². The maximum absolute atomic E-state index is 14.3. The molecule has 2 heterocycles. The summed E-state index contributed by atoms with van der Waals surface area (Å²) in [4.78, 5) is 43.9. The number of esters is 1. The van der Waals surface area contributed by atoms with Gasteiger partial charge in [0.2, 0.25) is 0 Å². The van der Waals surface area contributed by atoms with Crippen LogP contribution in [0.4, 0.5) is 5.69 Å². The smallest absolute Gasteiger partial charge is 0.338 e. The van der Waals surface area contributed by atoms with Crippen LogP contribution in [0.25, 0.3) is 11.8 Å². The number of halogens is 1. The van der Waals surface area contributed by atoms with Crippen LogP contribution in [0.2, 0.25) is 0 Å². The van der Waals surface area contributed by atoms with E-state index in [1.807, 2.05) is 48.5 Å². The lowest BCUT2D eigenvalue weighted by Crippen LogP contribution is -2.40. The Morgan fingerprint density at radius 3 is 2.46 bits per heavy atom. The molecule has 0 unspecified atom stereocenters. The molecule has 254 valence electrons. The first-order valence-corrected chi connectivity index (χ1v) is 17.3. The molecule has 0 spiro atoms. The van der Waals surface area contributed by atoms with Crippen LogP contribution < -0.4 is 29.1 Å². The molecule has 1 aliphatic rings. The number of nitro benzene ring substituents is 1. The average molecular weight is 804 g/mol. The Kier molecular flexibility index (Phi) is 10.4. The summed E-state index contributed by atoms with van der Waals surface area (Å²) in [6.45, 7) is 2.05. The molecule has 0 saturated carbocycles. The van der Waals surface area contributed by atoms with Crippen molar-refractivity contribution in [1.29, 1.82) is 0 Å². The maximum atomic E-state index is 14.3. The van der Waals surface area contributed by atoms with Crippen molar-refractivity contribution < 1.29 is 28.7 Å². The number of nitrogens with zero attached hydrogens (tertiary/aromatic N) is 3. The summed E-state index contributed by atoms with van der Waals surface area (Å²) in [5.41, 5.74) is 3.15. The van der Waals surface area contributed by atoms with Gasteiger partial charge in [-0.25, -0.2) is 9.79 Å². The van der Waals surface area contributed by atoms with E-state index in [2.05, 4.69) is 22.6 Å². The number of methoxy groups -OCH3 is 2. The molecule has 1 aromatic heterocycles. The topological polar surface area (TPSA) is 131 Å². The number of aromatic nitrogens is 1. The molecule has 5 aromatic rings. The minimum atomic E-state index is -0.845. The zero-order valence-electron chi connectivity index (χ0n) is 27.1. The first-order valence-electron chi connectivity index (χ1n) is 15.4. The second kappa shape index (κ2) is 15.1. The summed E-state index contributed by atoms with van der Waals surface area (Å²) in [5, 5.41) is 11.0. The van der Waals surface area contributed by atoms with Gasteiger partial charge in [0.1, 0.15) is 12.4 Å². The van der Waals surface area contributed by atoms with E-state index >= 15 is 0 Å². The van der Waals surface area contributed by atoms with Crippen molar-refractivity contribution in [3.8, 4) is 17.2 Å². The number of rotatable bonds is 11. The Bertz CT molecular complexity index is 2300. The number of hydrogen-bond acceptors (Lipinski definition) is 10. The molecule has 0 bridgehead atoms. The van der Waals surface area contributed by atoms with Crippen LogP contribution in [0.3, 0.4) is 0 Å². The molecule has 4 aromatic carbocycles.